The molecule has 8 nitrogen and oxygen atoms in total. The number of nitrogens with zero attached hydrogens (tertiary/aromatic N) is 5. The van der Waals surface area contributed by atoms with Gasteiger partial charge in [0.05, 0.1) is 6.10 Å². The average molecular weight is 288 g/mol. The molecule has 0 radical (unpaired) electrons. The fourth-order valence-corrected chi connectivity index (χ4v) is 2.14. The largest absolute Gasteiger partial charge is 0.376 e. The molecule has 1 amide bonds. The monoisotopic (exact) mass is 288 g/mol. The summed E-state index contributed by atoms with van der Waals surface area (Å²) in [6.07, 6.45) is 5.49. The number of carbonyl (C=O) groups is 1. The summed E-state index contributed by atoms with van der Waals surface area (Å²) in [6.45, 7) is 1.36. The van der Waals surface area contributed by atoms with Crippen LogP contribution in [0.15, 0.2) is 24.5 Å². The van der Waals surface area contributed by atoms with E-state index in [1.54, 1.807) is 24.5 Å². The zero-order chi connectivity index (χ0) is 14.5. The van der Waals surface area contributed by atoms with Crippen molar-refractivity contribution in [3.8, 4) is 11.4 Å². The molecular weight excluding hydrogens is 272 g/mol. The van der Waals surface area contributed by atoms with Crippen LogP contribution in [0.5, 0.6) is 0 Å². The zero-order valence-electron chi connectivity index (χ0n) is 11.5. The van der Waals surface area contributed by atoms with Crippen LogP contribution in [-0.4, -0.2) is 50.4 Å². The van der Waals surface area contributed by atoms with E-state index in [1.807, 2.05) is 0 Å². The Labute approximate surface area is 121 Å². The number of pyridine rings is 1. The first kappa shape index (κ1) is 13.6. The molecule has 1 atom stereocenters. The molecule has 21 heavy (non-hydrogen) atoms. The molecule has 3 heterocycles. The van der Waals surface area contributed by atoms with Crippen molar-refractivity contribution in [2.75, 3.05) is 13.2 Å². The topological polar surface area (TPSA) is 94.8 Å². The third-order valence-corrected chi connectivity index (χ3v) is 3.23. The predicted octanol–water partition coefficient (Wildman–Crippen LogP) is 0.0303. The molecule has 3 rings (SSSR count). The van der Waals surface area contributed by atoms with Crippen molar-refractivity contribution in [1.82, 2.24) is 30.5 Å². The van der Waals surface area contributed by atoms with Crippen LogP contribution in [0.25, 0.3) is 11.4 Å². The summed E-state index contributed by atoms with van der Waals surface area (Å²) in [4.78, 5) is 17.0. The Kier molecular flexibility index (Phi) is 4.15. The Bertz CT molecular complexity index is 594. The molecule has 1 saturated heterocycles. The maximum Gasteiger partial charge on any atom is 0.243 e. The first-order valence-electron chi connectivity index (χ1n) is 6.88. The molecule has 1 aliphatic rings. The van der Waals surface area contributed by atoms with Gasteiger partial charge in [-0.2, -0.15) is 4.80 Å². The molecule has 1 fully saturated rings. The molecule has 0 bridgehead atoms. The van der Waals surface area contributed by atoms with Gasteiger partial charge in [-0.1, -0.05) is 0 Å². The lowest BCUT2D eigenvalue weighted by Crippen LogP contribution is -2.34. The normalized spacial score (nSPS) is 17.8. The van der Waals surface area contributed by atoms with Crippen molar-refractivity contribution in [3.05, 3.63) is 24.5 Å². The van der Waals surface area contributed by atoms with Gasteiger partial charge in [0.1, 0.15) is 6.54 Å². The van der Waals surface area contributed by atoms with Crippen LogP contribution in [0.1, 0.15) is 12.8 Å². The van der Waals surface area contributed by atoms with Crippen LogP contribution in [0.4, 0.5) is 0 Å². The molecule has 2 aromatic rings. The van der Waals surface area contributed by atoms with Crippen LogP contribution < -0.4 is 5.32 Å². The average Bonchev–Trinajstić information content (AvgIpc) is 3.17. The Balaban J connectivity index is 1.53. The first-order chi connectivity index (χ1) is 10.3. The Morgan fingerprint density at radius 2 is 2.29 bits per heavy atom. The summed E-state index contributed by atoms with van der Waals surface area (Å²) >= 11 is 0. The molecule has 0 aliphatic carbocycles. The lowest BCUT2D eigenvalue weighted by molar-refractivity contribution is -0.122. The number of ether oxygens (including phenoxy) is 1. The molecule has 1 N–H and O–H groups in total. The second-order valence-electron chi connectivity index (χ2n) is 4.82. The van der Waals surface area contributed by atoms with Crippen molar-refractivity contribution in [1.29, 1.82) is 0 Å². The number of tetrazole rings is 1. The summed E-state index contributed by atoms with van der Waals surface area (Å²) in [5, 5.41) is 14.8. The number of aromatic nitrogens is 5. The maximum absolute atomic E-state index is 11.8. The fourth-order valence-electron chi connectivity index (χ4n) is 2.14. The Morgan fingerprint density at radius 1 is 1.43 bits per heavy atom. The quantitative estimate of drug-likeness (QED) is 0.834. The maximum atomic E-state index is 11.8. The summed E-state index contributed by atoms with van der Waals surface area (Å²) < 4.78 is 5.44. The van der Waals surface area contributed by atoms with Gasteiger partial charge in [0.25, 0.3) is 0 Å². The molecule has 2 aromatic heterocycles. The summed E-state index contributed by atoms with van der Waals surface area (Å²) in [7, 11) is 0. The van der Waals surface area contributed by atoms with E-state index in [4.69, 9.17) is 4.74 Å². The third-order valence-electron chi connectivity index (χ3n) is 3.23. The second kappa shape index (κ2) is 6.40. The van der Waals surface area contributed by atoms with Gasteiger partial charge in [0.15, 0.2) is 0 Å². The first-order valence-corrected chi connectivity index (χ1v) is 6.88. The summed E-state index contributed by atoms with van der Waals surface area (Å²) in [5.41, 5.74) is 0.816. The van der Waals surface area contributed by atoms with Gasteiger partial charge < -0.3 is 10.1 Å². The van der Waals surface area contributed by atoms with Gasteiger partial charge in [-0.05, 0) is 30.2 Å². The molecule has 110 valence electrons. The van der Waals surface area contributed by atoms with Crippen LogP contribution in [0.2, 0.25) is 0 Å². The van der Waals surface area contributed by atoms with Crippen molar-refractivity contribution in [3.63, 3.8) is 0 Å². The fraction of sp³-hybridized carbons (Fsp3) is 0.462. The minimum absolute atomic E-state index is 0.0464. The molecular formula is C13H16N6O2. The molecule has 0 aromatic carbocycles. The van der Waals surface area contributed by atoms with Crippen LogP contribution in [-0.2, 0) is 16.1 Å². The Hall–Kier alpha value is -2.35. The highest BCUT2D eigenvalue weighted by Gasteiger charge is 2.16. The van der Waals surface area contributed by atoms with E-state index in [9.17, 15) is 4.79 Å². The predicted molar refractivity (Wildman–Crippen MR) is 73.0 cm³/mol. The van der Waals surface area contributed by atoms with Gasteiger partial charge in [0, 0.05) is 31.1 Å². The van der Waals surface area contributed by atoms with Gasteiger partial charge in [-0.3, -0.25) is 9.78 Å². The number of amides is 1. The van der Waals surface area contributed by atoms with Crippen LogP contribution in [0, 0.1) is 0 Å². The van der Waals surface area contributed by atoms with E-state index in [1.165, 1.54) is 4.80 Å². The lowest BCUT2D eigenvalue weighted by Gasteiger charge is -2.09. The van der Waals surface area contributed by atoms with E-state index in [0.29, 0.717) is 12.4 Å². The SMILES string of the molecule is O=C(Cn1nnc(-c2ccncc2)n1)NCC1CCCO1. The molecule has 1 aliphatic heterocycles. The smallest absolute Gasteiger partial charge is 0.243 e. The van der Waals surface area contributed by atoms with Crippen molar-refractivity contribution in [2.45, 2.75) is 25.5 Å². The van der Waals surface area contributed by atoms with E-state index in [-0.39, 0.29) is 18.6 Å². The lowest BCUT2D eigenvalue weighted by atomic mass is 10.2. The second-order valence-corrected chi connectivity index (χ2v) is 4.82. The third kappa shape index (κ3) is 3.60. The number of rotatable bonds is 5. The molecule has 8 heteroatoms. The minimum atomic E-state index is -0.149. The zero-order valence-corrected chi connectivity index (χ0v) is 11.5. The van der Waals surface area contributed by atoms with E-state index in [0.717, 1.165) is 25.0 Å². The highest BCUT2D eigenvalue weighted by Crippen LogP contribution is 2.11. The standard InChI is InChI=1S/C13H16N6O2/c20-12(15-8-11-2-1-7-21-11)9-19-17-13(16-18-19)10-3-5-14-6-4-10/h3-6,11H,1-2,7-9H2,(H,15,20). The Morgan fingerprint density at radius 3 is 3.05 bits per heavy atom. The van der Waals surface area contributed by atoms with Gasteiger partial charge >= 0.3 is 0 Å². The van der Waals surface area contributed by atoms with E-state index in [2.05, 4.69) is 25.7 Å². The minimum Gasteiger partial charge on any atom is -0.376 e. The van der Waals surface area contributed by atoms with Crippen molar-refractivity contribution >= 4 is 5.91 Å². The van der Waals surface area contributed by atoms with Crippen molar-refractivity contribution < 1.29 is 9.53 Å². The molecule has 1 unspecified atom stereocenters. The van der Waals surface area contributed by atoms with Gasteiger partial charge in [-0.25, -0.2) is 0 Å². The van der Waals surface area contributed by atoms with Crippen LogP contribution in [0.3, 0.4) is 0 Å². The van der Waals surface area contributed by atoms with Gasteiger partial charge in [-0.15, -0.1) is 10.2 Å². The molecule has 0 saturated carbocycles. The highest BCUT2D eigenvalue weighted by molar-refractivity contribution is 5.75. The highest BCUT2D eigenvalue weighted by atomic mass is 16.5. The van der Waals surface area contributed by atoms with E-state index >= 15 is 0 Å². The molecule has 0 spiro atoms. The number of hydrogen-bond acceptors (Lipinski definition) is 6. The number of carbonyl (C=O) groups excluding carboxylic acids is 1. The summed E-state index contributed by atoms with van der Waals surface area (Å²) in [5.74, 6) is 0.327. The van der Waals surface area contributed by atoms with Crippen LogP contribution >= 0.6 is 0 Å². The van der Waals surface area contributed by atoms with E-state index < -0.39 is 0 Å². The van der Waals surface area contributed by atoms with Gasteiger partial charge in [0.2, 0.25) is 11.7 Å². The number of hydrogen-bond donors (Lipinski definition) is 1. The van der Waals surface area contributed by atoms with Crippen molar-refractivity contribution in [2.24, 2.45) is 0 Å². The summed E-state index contributed by atoms with van der Waals surface area (Å²) in [6, 6.07) is 3.58. The number of nitrogens with one attached hydrogen (secondary N) is 1.